The van der Waals surface area contributed by atoms with Crippen molar-refractivity contribution in [1.29, 1.82) is 0 Å². The second-order valence-electron chi connectivity index (χ2n) is 9.39. The number of carboxylic acid groups (broad SMARTS) is 1. The molecule has 41 heavy (non-hydrogen) atoms. The Balaban J connectivity index is 1.45. The molecule has 218 valence electrons. The van der Waals surface area contributed by atoms with Crippen molar-refractivity contribution < 1.29 is 33.7 Å². The third kappa shape index (κ3) is 6.85. The molecule has 2 aromatic rings. The summed E-state index contributed by atoms with van der Waals surface area (Å²) in [4.78, 5) is 60.9. The van der Waals surface area contributed by atoms with Crippen LogP contribution in [0.15, 0.2) is 46.3 Å². The molecule has 2 atom stereocenters. The highest BCUT2D eigenvalue weighted by Crippen LogP contribution is 2.40. The molecule has 2 aromatic heterocycles. The number of carboxylic acids is 1. The number of carbonyl (C=O) groups is 4. The Hall–Kier alpha value is -3.98. The van der Waals surface area contributed by atoms with Crippen LogP contribution in [-0.2, 0) is 25.8 Å². The van der Waals surface area contributed by atoms with Crippen molar-refractivity contribution in [3.63, 3.8) is 0 Å². The Bertz CT molecular complexity index is 1390. The molecule has 1 saturated heterocycles. The van der Waals surface area contributed by atoms with E-state index in [4.69, 9.17) is 10.6 Å². The Morgan fingerprint density at radius 1 is 1.32 bits per heavy atom. The van der Waals surface area contributed by atoms with Gasteiger partial charge < -0.3 is 26.3 Å². The minimum absolute atomic E-state index is 0.124. The van der Waals surface area contributed by atoms with Gasteiger partial charge in [0.1, 0.15) is 35.5 Å². The summed E-state index contributed by atoms with van der Waals surface area (Å²) in [5, 5.41) is 20.5. The number of oxime groups is 1. The van der Waals surface area contributed by atoms with Crippen molar-refractivity contribution in [3.05, 3.63) is 52.4 Å². The predicted octanol–water partition coefficient (Wildman–Crippen LogP) is 1.11. The van der Waals surface area contributed by atoms with Gasteiger partial charge in [-0.15, -0.1) is 23.1 Å². The van der Waals surface area contributed by atoms with Gasteiger partial charge in [-0.2, -0.15) is 0 Å². The molecule has 3 amide bonds. The topological polar surface area (TPSA) is 180 Å². The zero-order valence-electron chi connectivity index (χ0n) is 22.7. The molecule has 13 nitrogen and oxygen atoms in total. The van der Waals surface area contributed by atoms with Gasteiger partial charge in [0.15, 0.2) is 29.8 Å². The number of nitrogens with one attached hydrogen (secondary N) is 2. The molecule has 0 aromatic carbocycles. The lowest BCUT2D eigenvalue weighted by molar-refractivity contribution is -0.689. The largest absolute Gasteiger partial charge is 0.477 e. The lowest BCUT2D eigenvalue weighted by atomic mass is 10.0. The second kappa shape index (κ2) is 13.6. The monoisotopic (exact) mass is 602 g/mol. The number of nitrogens with zero attached hydrogens (tertiary/aromatic N) is 4. The van der Waals surface area contributed by atoms with E-state index in [1.807, 2.05) is 0 Å². The number of rotatable bonds is 13. The Morgan fingerprint density at radius 3 is 2.80 bits per heavy atom. The molecule has 15 heteroatoms. The number of anilines is 1. The summed E-state index contributed by atoms with van der Waals surface area (Å²) in [5.74, 6) is -2.39. The van der Waals surface area contributed by atoms with E-state index in [1.165, 1.54) is 23.8 Å². The quantitative estimate of drug-likeness (QED) is 0.0859. The molecule has 4 heterocycles. The number of thiazole rings is 1. The smallest absolute Gasteiger partial charge is 0.352 e. The average molecular weight is 603 g/mol. The molecule has 2 aliphatic heterocycles. The van der Waals surface area contributed by atoms with Crippen molar-refractivity contribution in [2.75, 3.05) is 25.1 Å². The molecule has 2 aliphatic rings. The number of thioether (sulfide) groups is 1. The number of carbonyl (C=O) groups excluding carboxylic acids is 3. The number of pyridine rings is 1. The maximum absolute atomic E-state index is 13.1. The summed E-state index contributed by atoms with van der Waals surface area (Å²) >= 11 is 2.46. The number of fused-ring (bicyclic) bond motifs is 1. The van der Waals surface area contributed by atoms with E-state index in [9.17, 15) is 24.3 Å². The lowest BCUT2D eigenvalue weighted by Gasteiger charge is -2.49. The summed E-state index contributed by atoms with van der Waals surface area (Å²) < 4.78 is 1.72. The van der Waals surface area contributed by atoms with Gasteiger partial charge in [0.2, 0.25) is 0 Å². The molecular weight excluding hydrogens is 570 g/mol. The van der Waals surface area contributed by atoms with Crippen LogP contribution in [-0.4, -0.2) is 75.2 Å². The number of hydrogen-bond acceptors (Lipinski definition) is 10. The van der Waals surface area contributed by atoms with E-state index in [0.717, 1.165) is 37.0 Å². The molecule has 4 rings (SSSR count). The molecule has 0 unspecified atom stereocenters. The van der Waals surface area contributed by atoms with Gasteiger partial charge in [0.25, 0.3) is 17.7 Å². The predicted molar refractivity (Wildman–Crippen MR) is 153 cm³/mol. The number of hydrogen-bond donors (Lipinski definition) is 4. The zero-order valence-corrected chi connectivity index (χ0v) is 24.3. The fourth-order valence-electron chi connectivity index (χ4n) is 4.54. The van der Waals surface area contributed by atoms with Crippen LogP contribution in [0.3, 0.4) is 0 Å². The molecule has 0 aliphatic carbocycles. The van der Waals surface area contributed by atoms with Crippen molar-refractivity contribution in [3.8, 4) is 0 Å². The molecule has 0 radical (unpaired) electrons. The van der Waals surface area contributed by atoms with Crippen molar-refractivity contribution in [2.24, 2.45) is 5.16 Å². The van der Waals surface area contributed by atoms with E-state index >= 15 is 0 Å². The first-order chi connectivity index (χ1) is 19.7. The van der Waals surface area contributed by atoms with E-state index in [1.54, 1.807) is 34.5 Å². The van der Waals surface area contributed by atoms with Gasteiger partial charge in [0.05, 0.1) is 0 Å². The first kappa shape index (κ1) is 30.0. The van der Waals surface area contributed by atoms with Gasteiger partial charge >= 0.3 is 5.97 Å². The maximum atomic E-state index is 13.1. The summed E-state index contributed by atoms with van der Waals surface area (Å²) in [6.07, 6.45) is 7.60. The molecule has 0 spiro atoms. The fraction of sp³-hybridized carbons (Fsp3) is 0.423. The normalized spacial score (nSPS) is 18.4. The summed E-state index contributed by atoms with van der Waals surface area (Å²) in [6.45, 7) is 2.89. The van der Waals surface area contributed by atoms with Crippen LogP contribution in [0.5, 0.6) is 0 Å². The lowest BCUT2D eigenvalue weighted by Crippen LogP contribution is -2.71. The van der Waals surface area contributed by atoms with E-state index in [0.29, 0.717) is 23.4 Å². The number of β-lactam (4-membered cyclic amide) rings is 1. The Morgan fingerprint density at radius 2 is 2.12 bits per heavy atom. The molecule has 0 saturated carbocycles. The van der Waals surface area contributed by atoms with Crippen LogP contribution in [0.2, 0.25) is 0 Å². The van der Waals surface area contributed by atoms with E-state index in [2.05, 4.69) is 27.7 Å². The highest BCUT2D eigenvalue weighted by atomic mass is 32.2. The van der Waals surface area contributed by atoms with Crippen LogP contribution in [0.25, 0.3) is 0 Å². The van der Waals surface area contributed by atoms with Crippen molar-refractivity contribution >= 4 is 57.6 Å². The average Bonchev–Trinajstić information content (AvgIpc) is 3.39. The van der Waals surface area contributed by atoms with Gasteiger partial charge in [0, 0.05) is 29.3 Å². The summed E-state index contributed by atoms with van der Waals surface area (Å²) in [6, 6.07) is 2.46. The summed E-state index contributed by atoms with van der Waals surface area (Å²) in [7, 11) is 1.27. The number of aliphatic carboxylic acids is 1. The number of amides is 3. The van der Waals surface area contributed by atoms with Gasteiger partial charge in [-0.1, -0.05) is 31.3 Å². The fourth-order valence-corrected chi connectivity index (χ4v) is 6.42. The standard InChI is InChI=1S/C26H31N7O6S2/c1-3-4-5-6-9-28-21(34)15-8-7-10-32(11-15)12-16-13-40-24-19(23(36)33(24)20(16)25(37)38)30-22(35)18(31-39-2)17-14-41-26(27)29-17/h7-8,10-11,14,19,24H,3-6,9,12-13H2,1-2H3,(H4-,27,28,29,30,34,35,37,38)/p+1/b31-18-/t19-,24-/m1/s1. The molecule has 0 bridgehead atoms. The maximum Gasteiger partial charge on any atom is 0.352 e. The van der Waals surface area contributed by atoms with Crippen LogP contribution >= 0.6 is 23.1 Å². The van der Waals surface area contributed by atoms with Crippen LogP contribution in [0, 0.1) is 0 Å². The first-order valence-corrected chi connectivity index (χ1v) is 15.0. The van der Waals surface area contributed by atoms with E-state index < -0.39 is 29.2 Å². The highest BCUT2D eigenvalue weighted by Gasteiger charge is 2.54. The first-order valence-electron chi connectivity index (χ1n) is 13.1. The van der Waals surface area contributed by atoms with Crippen LogP contribution in [0.1, 0.15) is 48.7 Å². The number of nitrogens with two attached hydrogens (primary N) is 1. The third-order valence-corrected chi connectivity index (χ3v) is 8.52. The van der Waals surface area contributed by atoms with Crippen LogP contribution < -0.4 is 20.9 Å². The Kier molecular flexibility index (Phi) is 9.94. The zero-order chi connectivity index (χ0) is 29.5. The molecule has 1 fully saturated rings. The minimum atomic E-state index is -1.25. The van der Waals surface area contributed by atoms with Crippen molar-refractivity contribution in [2.45, 2.75) is 50.6 Å². The third-order valence-electron chi connectivity index (χ3n) is 6.51. The van der Waals surface area contributed by atoms with Gasteiger partial charge in [-0.3, -0.25) is 19.3 Å². The Labute approximate surface area is 244 Å². The number of unbranched alkanes of at least 4 members (excludes halogenated alkanes) is 3. The SMILES string of the molecule is CCCCCCNC(=O)c1ccc[n+](CC2=C(C(=O)O)N3C(=O)[C@@H](NC(=O)/C(=N\OC)c4csc(N)n4)[C@H]3SC2)c1. The number of aromatic nitrogens is 2. The van der Waals surface area contributed by atoms with E-state index in [-0.39, 0.29) is 34.7 Å². The van der Waals surface area contributed by atoms with Crippen LogP contribution in [0.4, 0.5) is 5.13 Å². The second-order valence-corrected chi connectivity index (χ2v) is 11.4. The molecule has 5 N–H and O–H groups in total. The van der Waals surface area contributed by atoms with Gasteiger partial charge in [-0.25, -0.2) is 14.3 Å². The summed E-state index contributed by atoms with van der Waals surface area (Å²) in [5.41, 5.74) is 6.56. The van der Waals surface area contributed by atoms with Crippen molar-refractivity contribution in [1.82, 2.24) is 20.5 Å². The highest BCUT2D eigenvalue weighted by molar-refractivity contribution is 8.00. The minimum Gasteiger partial charge on any atom is -0.477 e. The molecular formula is C26H32N7O6S2+. The van der Waals surface area contributed by atoms with Gasteiger partial charge in [-0.05, 0) is 12.5 Å². The number of nitrogen functional groups attached to an aromatic ring is 1.